The van der Waals surface area contributed by atoms with E-state index in [1.807, 2.05) is 31.1 Å². The summed E-state index contributed by atoms with van der Waals surface area (Å²) in [5.74, 6) is 0. The molecule has 1 atom stereocenters. The van der Waals surface area contributed by atoms with E-state index in [9.17, 15) is 5.11 Å². The summed E-state index contributed by atoms with van der Waals surface area (Å²) in [4.78, 5) is 6.20. The summed E-state index contributed by atoms with van der Waals surface area (Å²) >= 11 is 0. The van der Waals surface area contributed by atoms with Crippen LogP contribution in [0.15, 0.2) is 23.2 Å². The van der Waals surface area contributed by atoms with Gasteiger partial charge in [-0.2, -0.15) is 0 Å². The number of rotatable bonds is 2. The second-order valence-electron chi connectivity index (χ2n) is 4.15. The molecular formula is C12H16N2O. The minimum absolute atomic E-state index is 0.297. The van der Waals surface area contributed by atoms with E-state index in [1.165, 1.54) is 5.56 Å². The van der Waals surface area contributed by atoms with Crippen LogP contribution < -0.4 is 0 Å². The van der Waals surface area contributed by atoms with Crippen molar-refractivity contribution in [3.8, 4) is 0 Å². The molecule has 3 heteroatoms. The summed E-state index contributed by atoms with van der Waals surface area (Å²) in [5, 5.41) is 9.72. The topological polar surface area (TPSA) is 35.8 Å². The second kappa shape index (κ2) is 4.03. The molecule has 0 radical (unpaired) electrons. The Morgan fingerprint density at radius 2 is 2.27 bits per heavy atom. The molecular weight excluding hydrogens is 188 g/mol. The highest BCUT2D eigenvalue weighted by Gasteiger charge is 2.19. The number of hydrogen-bond acceptors (Lipinski definition) is 2. The van der Waals surface area contributed by atoms with Crippen molar-refractivity contribution in [3.63, 3.8) is 0 Å². The lowest BCUT2D eigenvalue weighted by atomic mass is 10.1. The zero-order chi connectivity index (χ0) is 10.8. The molecule has 0 spiro atoms. The molecule has 1 unspecified atom stereocenters. The normalized spacial score (nSPS) is 19.5. The molecule has 0 bridgehead atoms. The highest BCUT2D eigenvalue weighted by atomic mass is 16.3. The van der Waals surface area contributed by atoms with Gasteiger partial charge in [0, 0.05) is 14.1 Å². The second-order valence-corrected chi connectivity index (χ2v) is 4.15. The van der Waals surface area contributed by atoms with Crippen LogP contribution in [0.2, 0.25) is 0 Å². The molecule has 0 saturated heterocycles. The van der Waals surface area contributed by atoms with Crippen molar-refractivity contribution < 1.29 is 5.11 Å². The van der Waals surface area contributed by atoms with Gasteiger partial charge in [-0.15, -0.1) is 0 Å². The van der Waals surface area contributed by atoms with Crippen molar-refractivity contribution in [1.82, 2.24) is 4.90 Å². The number of aliphatic hydroxyl groups is 1. The zero-order valence-electron chi connectivity index (χ0n) is 9.14. The first-order valence-electron chi connectivity index (χ1n) is 5.18. The lowest BCUT2D eigenvalue weighted by Crippen LogP contribution is -2.06. The maximum atomic E-state index is 9.72. The van der Waals surface area contributed by atoms with Gasteiger partial charge in [0.1, 0.15) is 0 Å². The van der Waals surface area contributed by atoms with Crippen LogP contribution in [0.25, 0.3) is 0 Å². The van der Waals surface area contributed by atoms with E-state index in [1.54, 1.807) is 6.34 Å². The van der Waals surface area contributed by atoms with Crippen LogP contribution in [-0.4, -0.2) is 30.4 Å². The Labute approximate surface area is 90.1 Å². The van der Waals surface area contributed by atoms with Crippen LogP contribution in [0.5, 0.6) is 0 Å². The van der Waals surface area contributed by atoms with Crippen molar-refractivity contribution in [2.75, 3.05) is 14.1 Å². The van der Waals surface area contributed by atoms with Gasteiger partial charge in [0.2, 0.25) is 0 Å². The molecule has 0 aliphatic heterocycles. The molecule has 0 amide bonds. The van der Waals surface area contributed by atoms with Crippen LogP contribution in [0.1, 0.15) is 23.7 Å². The molecule has 15 heavy (non-hydrogen) atoms. The van der Waals surface area contributed by atoms with Crippen LogP contribution in [0.4, 0.5) is 5.69 Å². The standard InChI is InChI=1S/C12H16N2O/c1-14(2)8-13-10-5-3-9-4-6-12(15)11(9)7-10/h3,5,7-8,12,15H,4,6H2,1-2H3. The molecule has 0 heterocycles. The fraction of sp³-hybridized carbons (Fsp3) is 0.417. The predicted octanol–water partition coefficient (Wildman–Crippen LogP) is 1.89. The van der Waals surface area contributed by atoms with E-state index < -0.39 is 0 Å². The number of nitrogens with zero attached hydrogens (tertiary/aromatic N) is 2. The summed E-state index contributed by atoms with van der Waals surface area (Å²) in [7, 11) is 3.87. The molecule has 80 valence electrons. The van der Waals surface area contributed by atoms with Crippen LogP contribution in [0.3, 0.4) is 0 Å². The third kappa shape index (κ3) is 2.18. The van der Waals surface area contributed by atoms with Gasteiger partial charge in [-0.05, 0) is 36.1 Å². The predicted molar refractivity (Wildman–Crippen MR) is 61.6 cm³/mol. The molecule has 1 N–H and O–H groups in total. The van der Waals surface area contributed by atoms with Crippen molar-refractivity contribution in [2.24, 2.45) is 4.99 Å². The van der Waals surface area contributed by atoms with Crippen molar-refractivity contribution in [1.29, 1.82) is 0 Å². The van der Waals surface area contributed by atoms with Crippen molar-refractivity contribution in [3.05, 3.63) is 29.3 Å². The Morgan fingerprint density at radius 3 is 3.00 bits per heavy atom. The first-order chi connectivity index (χ1) is 7.16. The average Bonchev–Trinajstić information content (AvgIpc) is 2.57. The summed E-state index contributed by atoms with van der Waals surface area (Å²) in [5.41, 5.74) is 3.21. The molecule has 0 aromatic heterocycles. The van der Waals surface area contributed by atoms with Crippen LogP contribution >= 0.6 is 0 Å². The van der Waals surface area contributed by atoms with Gasteiger partial charge >= 0.3 is 0 Å². The molecule has 2 rings (SSSR count). The van der Waals surface area contributed by atoms with E-state index in [0.717, 1.165) is 24.1 Å². The Bertz CT molecular complexity index is 385. The largest absolute Gasteiger partial charge is 0.388 e. The summed E-state index contributed by atoms with van der Waals surface area (Å²) < 4.78 is 0. The highest BCUT2D eigenvalue weighted by molar-refractivity contribution is 5.61. The fourth-order valence-electron chi connectivity index (χ4n) is 1.83. The monoisotopic (exact) mass is 204 g/mol. The Kier molecular flexibility index (Phi) is 2.73. The van der Waals surface area contributed by atoms with Crippen LogP contribution in [0, 0.1) is 0 Å². The number of aliphatic hydroxyl groups excluding tert-OH is 1. The van der Waals surface area contributed by atoms with Crippen molar-refractivity contribution >= 4 is 12.0 Å². The zero-order valence-corrected chi connectivity index (χ0v) is 9.14. The number of aliphatic imine (C=N–C) groups is 1. The van der Waals surface area contributed by atoms with Crippen LogP contribution in [-0.2, 0) is 6.42 Å². The molecule has 3 nitrogen and oxygen atoms in total. The van der Waals surface area contributed by atoms with Gasteiger partial charge < -0.3 is 10.0 Å². The Hall–Kier alpha value is -1.35. The highest BCUT2D eigenvalue weighted by Crippen LogP contribution is 2.33. The van der Waals surface area contributed by atoms with E-state index in [2.05, 4.69) is 11.1 Å². The minimum atomic E-state index is -0.297. The maximum absolute atomic E-state index is 9.72. The quantitative estimate of drug-likeness (QED) is 0.590. The molecule has 1 aromatic carbocycles. The van der Waals surface area contributed by atoms with Gasteiger partial charge in [-0.1, -0.05) is 6.07 Å². The number of hydrogen-bond donors (Lipinski definition) is 1. The first kappa shape index (κ1) is 10.2. The lowest BCUT2D eigenvalue weighted by molar-refractivity contribution is 0.180. The van der Waals surface area contributed by atoms with Gasteiger partial charge in [-0.25, -0.2) is 4.99 Å². The number of benzene rings is 1. The Balaban J connectivity index is 2.25. The minimum Gasteiger partial charge on any atom is -0.388 e. The first-order valence-corrected chi connectivity index (χ1v) is 5.18. The fourth-order valence-corrected chi connectivity index (χ4v) is 1.83. The molecule has 1 aliphatic rings. The number of fused-ring (bicyclic) bond motifs is 1. The van der Waals surface area contributed by atoms with E-state index >= 15 is 0 Å². The third-order valence-corrected chi connectivity index (χ3v) is 2.61. The maximum Gasteiger partial charge on any atom is 0.0907 e. The van der Waals surface area contributed by atoms with Crippen molar-refractivity contribution in [2.45, 2.75) is 18.9 Å². The van der Waals surface area contributed by atoms with E-state index in [4.69, 9.17) is 0 Å². The summed E-state index contributed by atoms with van der Waals surface area (Å²) in [6.07, 6.45) is 3.29. The lowest BCUT2D eigenvalue weighted by Gasteiger charge is -2.06. The molecule has 1 aromatic rings. The van der Waals surface area contributed by atoms with E-state index in [0.29, 0.717) is 0 Å². The van der Waals surface area contributed by atoms with Gasteiger partial charge in [0.15, 0.2) is 0 Å². The van der Waals surface area contributed by atoms with E-state index in [-0.39, 0.29) is 6.10 Å². The smallest absolute Gasteiger partial charge is 0.0907 e. The SMILES string of the molecule is CN(C)C=Nc1ccc2c(c1)C(O)CC2. The van der Waals surface area contributed by atoms with Gasteiger partial charge in [0.25, 0.3) is 0 Å². The molecule has 0 saturated carbocycles. The summed E-state index contributed by atoms with van der Waals surface area (Å²) in [6.45, 7) is 0. The van der Waals surface area contributed by atoms with Gasteiger partial charge in [0.05, 0.1) is 18.1 Å². The Morgan fingerprint density at radius 1 is 1.47 bits per heavy atom. The summed E-state index contributed by atoms with van der Waals surface area (Å²) in [6, 6.07) is 6.04. The average molecular weight is 204 g/mol. The molecule has 1 aliphatic carbocycles. The number of aryl methyl sites for hydroxylation is 1. The third-order valence-electron chi connectivity index (χ3n) is 2.61. The van der Waals surface area contributed by atoms with Gasteiger partial charge in [-0.3, -0.25) is 0 Å². The molecule has 0 fully saturated rings.